The number of piperidine rings is 1. The molecule has 0 aliphatic carbocycles. The highest BCUT2D eigenvalue weighted by Crippen LogP contribution is 2.19. The maximum atomic E-state index is 8.89. The molecule has 2 heterocycles. The topological polar surface area (TPSA) is 61.0 Å². The highest BCUT2D eigenvalue weighted by atomic mass is 16.4. The number of carbonyl (C=O) groups is 1. The molecule has 2 unspecified atom stereocenters. The van der Waals surface area contributed by atoms with Crippen molar-refractivity contribution in [3.63, 3.8) is 0 Å². The van der Waals surface area contributed by atoms with E-state index < -0.39 is 5.97 Å². The number of carbonyl (C=O) groups excluding carboxylic acids is 1. The number of hydrogen-bond acceptors (Lipinski definition) is 3. The third-order valence-electron chi connectivity index (χ3n) is 3.70. The lowest BCUT2D eigenvalue weighted by Gasteiger charge is -2.27. The first-order valence-corrected chi connectivity index (χ1v) is 6.87. The van der Waals surface area contributed by atoms with Crippen molar-refractivity contribution in [3.8, 4) is 0 Å². The van der Waals surface area contributed by atoms with E-state index in [4.69, 9.17) is 9.90 Å². The first-order valence-electron chi connectivity index (χ1n) is 6.87. The van der Waals surface area contributed by atoms with Gasteiger partial charge in [-0.15, -0.1) is 0 Å². The zero-order chi connectivity index (χ0) is 14.4. The largest absolute Gasteiger partial charge is 0.550 e. The van der Waals surface area contributed by atoms with Crippen molar-refractivity contribution in [1.82, 2.24) is 9.88 Å². The van der Waals surface area contributed by atoms with Crippen LogP contribution in [0.2, 0.25) is 0 Å². The molecule has 1 aromatic heterocycles. The fourth-order valence-electron chi connectivity index (χ4n) is 2.48. The number of aryl methyl sites for hydroxylation is 1. The maximum Gasteiger partial charge on any atom is 0.253 e. The van der Waals surface area contributed by atoms with Crippen molar-refractivity contribution in [2.75, 3.05) is 6.54 Å². The van der Waals surface area contributed by atoms with Crippen LogP contribution in [0.4, 0.5) is 0 Å². The van der Waals surface area contributed by atoms with Gasteiger partial charge < -0.3 is 15.2 Å². The van der Waals surface area contributed by atoms with E-state index in [2.05, 4.69) is 47.7 Å². The molecule has 0 aromatic carbocycles. The number of nitrogens with one attached hydrogen (secondary N) is 1. The Bertz CT molecular complexity index is 405. The Labute approximate surface area is 115 Å². The lowest BCUT2D eigenvalue weighted by atomic mass is 9.99. The molecular weight excluding hydrogens is 242 g/mol. The van der Waals surface area contributed by atoms with Crippen molar-refractivity contribution in [3.05, 3.63) is 18.2 Å². The van der Waals surface area contributed by atoms with Crippen LogP contribution in [0.5, 0.6) is 0 Å². The lowest BCUT2D eigenvalue weighted by Crippen LogP contribution is -2.41. The van der Waals surface area contributed by atoms with Crippen LogP contribution < -0.4 is 15.0 Å². The Morgan fingerprint density at radius 2 is 2.21 bits per heavy atom. The smallest absolute Gasteiger partial charge is 0.253 e. The number of hydrogen-bond donors (Lipinski definition) is 1. The van der Waals surface area contributed by atoms with Crippen molar-refractivity contribution >= 4 is 5.97 Å². The average Bonchev–Trinajstić information content (AvgIpc) is 2.70. The van der Waals surface area contributed by atoms with E-state index in [-0.39, 0.29) is 0 Å². The second-order valence-corrected chi connectivity index (χ2v) is 5.15. The molecule has 1 fully saturated rings. The molecule has 1 aliphatic heterocycles. The number of aromatic nitrogens is 2. The normalized spacial score (nSPS) is 20.3. The Hall–Kier alpha value is -1.36. The highest BCUT2D eigenvalue weighted by Gasteiger charge is 2.26. The Morgan fingerprint density at radius 3 is 2.63 bits per heavy atom. The summed E-state index contributed by atoms with van der Waals surface area (Å²) in [6.07, 6.45) is 8.34. The van der Waals surface area contributed by atoms with Crippen molar-refractivity contribution in [2.45, 2.75) is 52.1 Å². The average molecular weight is 267 g/mol. The van der Waals surface area contributed by atoms with Gasteiger partial charge in [0.25, 0.3) is 5.82 Å². The van der Waals surface area contributed by atoms with E-state index in [0.717, 1.165) is 6.92 Å². The van der Waals surface area contributed by atoms with Crippen molar-refractivity contribution in [2.24, 2.45) is 7.05 Å². The molecule has 1 aliphatic rings. The quantitative estimate of drug-likeness (QED) is 0.772. The van der Waals surface area contributed by atoms with Gasteiger partial charge in [0.1, 0.15) is 18.4 Å². The van der Waals surface area contributed by atoms with Gasteiger partial charge >= 0.3 is 0 Å². The summed E-state index contributed by atoms with van der Waals surface area (Å²) < 4.78 is 4.56. The molecule has 1 aromatic rings. The van der Waals surface area contributed by atoms with Crippen molar-refractivity contribution < 1.29 is 14.5 Å². The van der Waals surface area contributed by atoms with Gasteiger partial charge in [0.2, 0.25) is 0 Å². The number of rotatable bonds is 2. The van der Waals surface area contributed by atoms with Crippen LogP contribution in [-0.2, 0) is 11.8 Å². The summed E-state index contributed by atoms with van der Waals surface area (Å²) in [5.74, 6) is 0.245. The second-order valence-electron chi connectivity index (χ2n) is 5.15. The summed E-state index contributed by atoms with van der Waals surface area (Å²) in [7, 11) is 2.10. The number of carboxylic acids is 1. The predicted molar refractivity (Wildman–Crippen MR) is 71.4 cm³/mol. The summed E-state index contributed by atoms with van der Waals surface area (Å²) >= 11 is 0. The fourth-order valence-corrected chi connectivity index (χ4v) is 2.48. The van der Waals surface area contributed by atoms with E-state index in [1.165, 1.54) is 31.6 Å². The zero-order valence-corrected chi connectivity index (χ0v) is 12.3. The van der Waals surface area contributed by atoms with E-state index in [9.17, 15) is 0 Å². The summed E-state index contributed by atoms with van der Waals surface area (Å²) in [5.41, 5.74) is 0. The molecule has 1 saturated heterocycles. The Morgan fingerprint density at radius 1 is 1.58 bits per heavy atom. The molecular formula is C14H25N3O2. The monoisotopic (exact) mass is 267 g/mol. The van der Waals surface area contributed by atoms with Gasteiger partial charge in [-0.05, 0) is 33.2 Å². The van der Waals surface area contributed by atoms with Gasteiger partial charge in [0.15, 0.2) is 0 Å². The third kappa shape index (κ3) is 4.67. The van der Waals surface area contributed by atoms with E-state index >= 15 is 0 Å². The van der Waals surface area contributed by atoms with Gasteiger partial charge in [-0.25, -0.2) is 9.13 Å². The summed E-state index contributed by atoms with van der Waals surface area (Å²) in [6.45, 7) is 6.65. The Balaban J connectivity index is 0.000000399. The molecule has 108 valence electrons. The molecule has 5 nitrogen and oxygen atoms in total. The minimum atomic E-state index is -1.08. The molecule has 1 N–H and O–H groups in total. The molecule has 19 heavy (non-hydrogen) atoms. The van der Waals surface area contributed by atoms with Crippen LogP contribution in [0.1, 0.15) is 45.0 Å². The van der Waals surface area contributed by atoms with Gasteiger partial charge in [0.05, 0.1) is 7.05 Å². The van der Waals surface area contributed by atoms with Gasteiger partial charge in [-0.2, -0.15) is 0 Å². The highest BCUT2D eigenvalue weighted by molar-refractivity contribution is 5.60. The van der Waals surface area contributed by atoms with Gasteiger partial charge in [0, 0.05) is 18.9 Å². The maximum absolute atomic E-state index is 8.89. The summed E-state index contributed by atoms with van der Waals surface area (Å²) in [4.78, 5) is 8.89. The lowest BCUT2D eigenvalue weighted by molar-refractivity contribution is -0.677. The Kier molecular flexibility index (Phi) is 6.02. The molecule has 0 spiro atoms. The molecule has 2 rings (SSSR count). The van der Waals surface area contributed by atoms with Gasteiger partial charge in [-0.1, -0.05) is 6.42 Å². The third-order valence-corrected chi connectivity index (χ3v) is 3.70. The minimum Gasteiger partial charge on any atom is -0.550 e. The summed E-state index contributed by atoms with van der Waals surface area (Å²) in [6, 6.07) is 1.20. The number of imidazole rings is 1. The fraction of sp³-hybridized carbons (Fsp3) is 0.714. The van der Waals surface area contributed by atoms with Gasteiger partial charge in [-0.3, -0.25) is 0 Å². The predicted octanol–water partition coefficient (Wildman–Crippen LogP) is 0.0803. The standard InChI is InChI=1S/C12H22N3.C2H4O2/c1-10(12-6-4-5-7-13-12)15-9-8-14(3)11(15)2;1-2(3)4/h8-10,12-13H,4-7H2,1-3H3;1H3,(H,3,4)/q+1;/p-1. The van der Waals surface area contributed by atoms with Crippen LogP contribution in [0.15, 0.2) is 12.4 Å². The number of nitrogens with zero attached hydrogens (tertiary/aromatic N) is 2. The van der Waals surface area contributed by atoms with Crippen LogP contribution in [0.3, 0.4) is 0 Å². The molecule has 0 bridgehead atoms. The van der Waals surface area contributed by atoms with E-state index in [1.54, 1.807) is 0 Å². The first-order chi connectivity index (χ1) is 8.93. The van der Waals surface area contributed by atoms with E-state index in [1.807, 2.05) is 0 Å². The molecule has 5 heteroatoms. The van der Waals surface area contributed by atoms with Crippen LogP contribution in [-0.4, -0.2) is 23.1 Å². The molecule has 0 amide bonds. The van der Waals surface area contributed by atoms with Crippen LogP contribution in [0.25, 0.3) is 0 Å². The molecule has 2 atom stereocenters. The zero-order valence-electron chi connectivity index (χ0n) is 12.3. The number of aliphatic carboxylic acids is 1. The van der Waals surface area contributed by atoms with Crippen LogP contribution in [0, 0.1) is 6.92 Å². The van der Waals surface area contributed by atoms with Crippen molar-refractivity contribution in [1.29, 1.82) is 0 Å². The van der Waals surface area contributed by atoms with Crippen LogP contribution >= 0.6 is 0 Å². The molecule has 0 radical (unpaired) electrons. The first kappa shape index (κ1) is 15.7. The minimum absolute atomic E-state index is 0.562. The molecule has 0 saturated carbocycles. The second kappa shape index (κ2) is 7.28. The summed E-state index contributed by atoms with van der Waals surface area (Å²) in [5, 5.41) is 12.5. The van der Waals surface area contributed by atoms with E-state index in [0.29, 0.717) is 12.1 Å². The number of carboxylic acid groups (broad SMARTS) is 1. The SMILES string of the molecule is CC(=O)[O-].Cc1n(C(C)C2CCCCN2)cc[n+]1C.